The third-order valence-electron chi connectivity index (χ3n) is 3.90. The molecule has 2 nitrogen and oxygen atoms in total. The van der Waals surface area contributed by atoms with Crippen molar-refractivity contribution in [1.29, 1.82) is 0 Å². The van der Waals surface area contributed by atoms with Crippen LogP contribution in [0.2, 0.25) is 0 Å². The average molecular weight is 261 g/mol. The molecule has 1 N–H and O–H groups in total. The van der Waals surface area contributed by atoms with Crippen LogP contribution in [0.4, 0.5) is 0 Å². The topological polar surface area (TPSA) is 21.3 Å². The lowest BCUT2D eigenvalue weighted by atomic mass is 10.0. The molecule has 1 saturated carbocycles. The van der Waals surface area contributed by atoms with E-state index in [1.165, 1.54) is 24.0 Å². The van der Waals surface area contributed by atoms with Crippen LogP contribution in [0, 0.1) is 12.8 Å². The summed E-state index contributed by atoms with van der Waals surface area (Å²) in [4.78, 5) is 0. The number of aryl methyl sites for hydroxylation is 1. The number of hydrogen-bond donors (Lipinski definition) is 1. The van der Waals surface area contributed by atoms with Crippen LogP contribution < -0.4 is 5.32 Å². The van der Waals surface area contributed by atoms with E-state index >= 15 is 0 Å². The summed E-state index contributed by atoms with van der Waals surface area (Å²) >= 11 is 0. The zero-order valence-corrected chi connectivity index (χ0v) is 12.6. The number of nitrogens with one attached hydrogen (secondary N) is 1. The molecule has 2 atom stereocenters. The van der Waals surface area contributed by atoms with Gasteiger partial charge in [0.2, 0.25) is 0 Å². The summed E-state index contributed by atoms with van der Waals surface area (Å²) in [6.07, 6.45) is 3.09. The highest BCUT2D eigenvalue weighted by Gasteiger charge is 2.24. The first kappa shape index (κ1) is 14.5. The zero-order chi connectivity index (χ0) is 13.8. The van der Waals surface area contributed by atoms with Crippen LogP contribution in [0.15, 0.2) is 24.3 Å². The highest BCUT2D eigenvalue weighted by molar-refractivity contribution is 5.24. The Balaban J connectivity index is 2.03. The van der Waals surface area contributed by atoms with Gasteiger partial charge in [-0.2, -0.15) is 0 Å². The van der Waals surface area contributed by atoms with Gasteiger partial charge in [0.1, 0.15) is 0 Å². The molecule has 1 aliphatic rings. The van der Waals surface area contributed by atoms with Gasteiger partial charge >= 0.3 is 0 Å². The second kappa shape index (κ2) is 6.53. The van der Waals surface area contributed by atoms with E-state index in [0.29, 0.717) is 5.92 Å². The largest absolute Gasteiger partial charge is 0.369 e. The standard InChI is InChI=1S/C17H27NO/c1-12(2)14(4)19-17(11-18-16-8-9-16)15-7-5-6-13(3)10-15/h5-7,10,12,14,16-18H,8-9,11H2,1-4H3. The molecule has 0 bridgehead atoms. The Morgan fingerprint density at radius 3 is 2.58 bits per heavy atom. The van der Waals surface area contributed by atoms with Gasteiger partial charge in [-0.05, 0) is 38.2 Å². The minimum absolute atomic E-state index is 0.165. The van der Waals surface area contributed by atoms with Gasteiger partial charge in [-0.15, -0.1) is 0 Å². The van der Waals surface area contributed by atoms with E-state index in [-0.39, 0.29) is 12.2 Å². The molecule has 0 amide bonds. The number of rotatable bonds is 7. The minimum Gasteiger partial charge on any atom is -0.369 e. The van der Waals surface area contributed by atoms with E-state index in [9.17, 15) is 0 Å². The van der Waals surface area contributed by atoms with Crippen LogP contribution in [-0.2, 0) is 4.74 Å². The second-order valence-corrected chi connectivity index (χ2v) is 6.17. The number of hydrogen-bond acceptors (Lipinski definition) is 2. The maximum atomic E-state index is 6.27. The van der Waals surface area contributed by atoms with Gasteiger partial charge < -0.3 is 10.1 Å². The molecule has 19 heavy (non-hydrogen) atoms. The fourth-order valence-corrected chi connectivity index (χ4v) is 2.09. The summed E-state index contributed by atoms with van der Waals surface area (Å²) in [5.74, 6) is 0.549. The lowest BCUT2D eigenvalue weighted by Gasteiger charge is -2.26. The van der Waals surface area contributed by atoms with Crippen molar-refractivity contribution in [2.75, 3.05) is 6.54 Å². The molecule has 1 aromatic rings. The van der Waals surface area contributed by atoms with Crippen molar-refractivity contribution in [3.63, 3.8) is 0 Å². The van der Waals surface area contributed by atoms with Gasteiger partial charge in [-0.3, -0.25) is 0 Å². The van der Waals surface area contributed by atoms with Crippen LogP contribution in [0.25, 0.3) is 0 Å². The van der Waals surface area contributed by atoms with Crippen molar-refractivity contribution in [3.05, 3.63) is 35.4 Å². The monoisotopic (exact) mass is 261 g/mol. The van der Waals surface area contributed by atoms with Crippen molar-refractivity contribution in [3.8, 4) is 0 Å². The maximum absolute atomic E-state index is 6.27. The van der Waals surface area contributed by atoms with E-state index in [2.05, 4.69) is 57.3 Å². The van der Waals surface area contributed by atoms with Crippen LogP contribution in [0.5, 0.6) is 0 Å². The Labute approximate surface area is 117 Å². The molecule has 2 rings (SSSR count). The van der Waals surface area contributed by atoms with Crippen molar-refractivity contribution < 1.29 is 4.74 Å². The molecule has 1 fully saturated rings. The van der Waals surface area contributed by atoms with Crippen LogP contribution in [0.1, 0.15) is 50.8 Å². The van der Waals surface area contributed by atoms with Crippen molar-refractivity contribution >= 4 is 0 Å². The third-order valence-corrected chi connectivity index (χ3v) is 3.90. The molecule has 0 aromatic heterocycles. The lowest BCUT2D eigenvalue weighted by Crippen LogP contribution is -2.29. The highest BCUT2D eigenvalue weighted by atomic mass is 16.5. The van der Waals surface area contributed by atoms with E-state index in [1.807, 2.05) is 0 Å². The molecule has 0 saturated heterocycles. The highest BCUT2D eigenvalue weighted by Crippen LogP contribution is 2.25. The van der Waals surface area contributed by atoms with Gasteiger partial charge in [0.25, 0.3) is 0 Å². The molecule has 1 aromatic carbocycles. The van der Waals surface area contributed by atoms with E-state index in [4.69, 9.17) is 4.74 Å². The predicted octanol–water partition coefficient (Wildman–Crippen LogP) is 3.85. The molecule has 0 aliphatic heterocycles. The van der Waals surface area contributed by atoms with Gasteiger partial charge in [-0.1, -0.05) is 43.7 Å². The van der Waals surface area contributed by atoms with Gasteiger partial charge in [0, 0.05) is 12.6 Å². The van der Waals surface area contributed by atoms with Crippen molar-refractivity contribution in [2.24, 2.45) is 5.92 Å². The molecule has 1 aliphatic carbocycles. The Morgan fingerprint density at radius 2 is 2.00 bits per heavy atom. The third kappa shape index (κ3) is 4.63. The molecular formula is C17H27NO. The molecule has 0 spiro atoms. The molecule has 0 radical (unpaired) electrons. The van der Waals surface area contributed by atoms with Crippen LogP contribution in [0.3, 0.4) is 0 Å². The molecule has 106 valence electrons. The van der Waals surface area contributed by atoms with Crippen molar-refractivity contribution in [2.45, 2.75) is 58.8 Å². The molecule has 0 heterocycles. The SMILES string of the molecule is Cc1cccc(C(CNC2CC2)OC(C)C(C)C)c1. The molecule has 2 unspecified atom stereocenters. The summed E-state index contributed by atoms with van der Waals surface area (Å²) in [6, 6.07) is 9.41. The Hall–Kier alpha value is -0.860. The summed E-state index contributed by atoms with van der Waals surface area (Å²) in [5, 5.41) is 3.59. The molecular weight excluding hydrogens is 234 g/mol. The van der Waals surface area contributed by atoms with E-state index in [1.54, 1.807) is 0 Å². The second-order valence-electron chi connectivity index (χ2n) is 6.17. The zero-order valence-electron chi connectivity index (χ0n) is 12.6. The van der Waals surface area contributed by atoms with Crippen molar-refractivity contribution in [1.82, 2.24) is 5.32 Å². The smallest absolute Gasteiger partial charge is 0.0953 e. The Kier molecular flexibility index (Phi) is 5.00. The fourth-order valence-electron chi connectivity index (χ4n) is 2.09. The fraction of sp³-hybridized carbons (Fsp3) is 0.647. The maximum Gasteiger partial charge on any atom is 0.0953 e. The minimum atomic E-state index is 0.165. The summed E-state index contributed by atoms with van der Waals surface area (Å²) in [5.41, 5.74) is 2.59. The van der Waals surface area contributed by atoms with E-state index in [0.717, 1.165) is 12.6 Å². The quantitative estimate of drug-likeness (QED) is 0.805. The first-order chi connectivity index (χ1) is 9.06. The van der Waals surface area contributed by atoms with Crippen LogP contribution in [-0.4, -0.2) is 18.7 Å². The average Bonchev–Trinajstić information content (AvgIpc) is 3.18. The lowest BCUT2D eigenvalue weighted by molar-refractivity contribution is -0.0261. The number of ether oxygens (including phenoxy) is 1. The Morgan fingerprint density at radius 1 is 1.26 bits per heavy atom. The summed E-state index contributed by atoms with van der Waals surface area (Å²) in [7, 11) is 0. The van der Waals surface area contributed by atoms with Gasteiger partial charge in [0.15, 0.2) is 0 Å². The normalized spacial score (nSPS) is 18.6. The van der Waals surface area contributed by atoms with Crippen LogP contribution >= 0.6 is 0 Å². The predicted molar refractivity (Wildman–Crippen MR) is 80.3 cm³/mol. The summed E-state index contributed by atoms with van der Waals surface area (Å²) in [6.45, 7) is 9.66. The van der Waals surface area contributed by atoms with Gasteiger partial charge in [0.05, 0.1) is 12.2 Å². The number of benzene rings is 1. The first-order valence-corrected chi connectivity index (χ1v) is 7.51. The summed E-state index contributed by atoms with van der Waals surface area (Å²) < 4.78 is 6.27. The van der Waals surface area contributed by atoms with Gasteiger partial charge in [-0.25, -0.2) is 0 Å². The molecule has 2 heteroatoms. The Bertz CT molecular complexity index is 398. The first-order valence-electron chi connectivity index (χ1n) is 7.51. The van der Waals surface area contributed by atoms with E-state index < -0.39 is 0 Å².